The van der Waals surface area contributed by atoms with Crippen LogP contribution < -0.4 is 10.1 Å². The van der Waals surface area contributed by atoms with Crippen LogP contribution in [-0.4, -0.2) is 53.6 Å². The number of rotatable bonds is 9. The minimum absolute atomic E-state index is 0.0402. The normalized spacial score (nSPS) is 11.6. The van der Waals surface area contributed by atoms with Crippen molar-refractivity contribution >= 4 is 28.1 Å². The summed E-state index contributed by atoms with van der Waals surface area (Å²) >= 11 is 5.13. The number of amides is 1. The summed E-state index contributed by atoms with van der Waals surface area (Å²) in [5, 5.41) is 9.51. The van der Waals surface area contributed by atoms with E-state index in [-0.39, 0.29) is 22.8 Å². The molecule has 0 aliphatic carbocycles. The number of nitrogens with one attached hydrogen (secondary N) is 2. The Kier molecular flexibility index (Phi) is 7.33. The van der Waals surface area contributed by atoms with Crippen LogP contribution in [-0.2, 0) is 23.1 Å². The first kappa shape index (κ1) is 22.1. The number of carbonyl (C=O) groups excluding carboxylic acids is 1. The second-order valence-corrected chi connectivity index (χ2v) is 8.15. The number of aromatic nitrogens is 3. The predicted molar refractivity (Wildman–Crippen MR) is 107 cm³/mol. The number of hydrogen-bond donors (Lipinski definition) is 2. The fraction of sp³-hybridized carbons (Fsp3) is 0.471. The van der Waals surface area contributed by atoms with Crippen LogP contribution in [0.2, 0.25) is 0 Å². The molecular weight excluding hydrogens is 402 g/mol. The van der Waals surface area contributed by atoms with Crippen LogP contribution in [0.25, 0.3) is 0 Å². The molecule has 2 N–H and O–H groups in total. The van der Waals surface area contributed by atoms with E-state index in [9.17, 15) is 13.2 Å². The molecule has 0 aliphatic heterocycles. The first-order valence-electron chi connectivity index (χ1n) is 8.90. The summed E-state index contributed by atoms with van der Waals surface area (Å²) < 4.78 is 34.3. The Morgan fingerprint density at radius 1 is 1.32 bits per heavy atom. The van der Waals surface area contributed by atoms with Gasteiger partial charge in [-0.05, 0) is 37.3 Å². The number of nitrogens with zero attached hydrogens (tertiary/aromatic N) is 3. The molecular formula is C17H25N5O4S2. The van der Waals surface area contributed by atoms with Gasteiger partial charge >= 0.3 is 0 Å². The minimum atomic E-state index is -3.69. The predicted octanol–water partition coefficient (Wildman–Crippen LogP) is 1.93. The van der Waals surface area contributed by atoms with E-state index in [0.717, 1.165) is 0 Å². The maximum atomic E-state index is 12.8. The molecule has 0 unspecified atom stereocenters. The fourth-order valence-corrected chi connectivity index (χ4v) is 4.57. The number of benzene rings is 1. The summed E-state index contributed by atoms with van der Waals surface area (Å²) in [7, 11) is -2.27. The van der Waals surface area contributed by atoms with Crippen molar-refractivity contribution in [3.63, 3.8) is 0 Å². The number of hydrogen-bond acceptors (Lipinski definition) is 6. The summed E-state index contributed by atoms with van der Waals surface area (Å²) in [6.45, 7) is 6.87. The van der Waals surface area contributed by atoms with E-state index in [4.69, 9.17) is 17.0 Å². The SMILES string of the molecule is CCN(CC)S(=O)(=O)c1ccc(OC)c(C(=O)NCc2n[nH]c(=S)n2CC)c1. The van der Waals surface area contributed by atoms with Gasteiger partial charge in [0.1, 0.15) is 5.75 Å². The van der Waals surface area contributed by atoms with Crippen molar-refractivity contribution in [3.05, 3.63) is 34.4 Å². The van der Waals surface area contributed by atoms with Gasteiger partial charge in [0.25, 0.3) is 5.91 Å². The average Bonchev–Trinajstić information content (AvgIpc) is 3.05. The van der Waals surface area contributed by atoms with Crippen molar-refractivity contribution in [2.75, 3.05) is 20.2 Å². The Morgan fingerprint density at radius 3 is 2.57 bits per heavy atom. The molecule has 154 valence electrons. The molecule has 1 aromatic heterocycles. The van der Waals surface area contributed by atoms with Crippen molar-refractivity contribution in [1.29, 1.82) is 0 Å². The van der Waals surface area contributed by atoms with E-state index < -0.39 is 15.9 Å². The second-order valence-electron chi connectivity index (χ2n) is 5.82. The highest BCUT2D eigenvalue weighted by Gasteiger charge is 2.24. The number of methoxy groups -OCH3 is 1. The van der Waals surface area contributed by atoms with Gasteiger partial charge in [-0.3, -0.25) is 9.89 Å². The van der Waals surface area contributed by atoms with Crippen LogP contribution in [0.3, 0.4) is 0 Å². The van der Waals surface area contributed by atoms with E-state index in [0.29, 0.717) is 30.2 Å². The Hall–Kier alpha value is -2.24. The van der Waals surface area contributed by atoms with Gasteiger partial charge in [-0.2, -0.15) is 9.40 Å². The van der Waals surface area contributed by atoms with Crippen LogP contribution in [0.15, 0.2) is 23.1 Å². The zero-order valence-electron chi connectivity index (χ0n) is 16.4. The molecule has 1 heterocycles. The van der Waals surface area contributed by atoms with Crippen molar-refractivity contribution in [3.8, 4) is 5.75 Å². The Morgan fingerprint density at radius 2 is 2.00 bits per heavy atom. The number of sulfonamides is 1. The third-order valence-electron chi connectivity index (χ3n) is 4.32. The molecule has 0 aliphatic rings. The van der Waals surface area contributed by atoms with E-state index >= 15 is 0 Å². The molecule has 11 heteroatoms. The fourth-order valence-electron chi connectivity index (χ4n) is 2.80. The monoisotopic (exact) mass is 427 g/mol. The molecule has 0 atom stereocenters. The van der Waals surface area contributed by atoms with Gasteiger partial charge in [0.05, 0.1) is 24.1 Å². The van der Waals surface area contributed by atoms with Crippen LogP contribution >= 0.6 is 12.2 Å². The Bertz CT molecular complexity index is 993. The smallest absolute Gasteiger partial charge is 0.255 e. The van der Waals surface area contributed by atoms with Gasteiger partial charge in [-0.1, -0.05) is 13.8 Å². The molecule has 2 aromatic rings. The van der Waals surface area contributed by atoms with Crippen molar-refractivity contribution in [2.24, 2.45) is 0 Å². The lowest BCUT2D eigenvalue weighted by Crippen LogP contribution is -2.31. The maximum absolute atomic E-state index is 12.8. The van der Waals surface area contributed by atoms with E-state index in [2.05, 4.69) is 15.5 Å². The highest BCUT2D eigenvalue weighted by atomic mass is 32.2. The summed E-state index contributed by atoms with van der Waals surface area (Å²) in [4.78, 5) is 12.8. The maximum Gasteiger partial charge on any atom is 0.255 e. The lowest BCUT2D eigenvalue weighted by atomic mass is 10.2. The van der Waals surface area contributed by atoms with E-state index in [1.165, 1.54) is 29.6 Å². The van der Waals surface area contributed by atoms with Gasteiger partial charge in [-0.15, -0.1) is 0 Å². The number of carbonyl (C=O) groups is 1. The largest absolute Gasteiger partial charge is 0.496 e. The van der Waals surface area contributed by atoms with Gasteiger partial charge < -0.3 is 14.6 Å². The lowest BCUT2D eigenvalue weighted by molar-refractivity contribution is 0.0946. The molecule has 0 saturated carbocycles. The lowest BCUT2D eigenvalue weighted by Gasteiger charge is -2.19. The number of ether oxygens (including phenoxy) is 1. The van der Waals surface area contributed by atoms with E-state index in [1.807, 2.05) is 6.92 Å². The van der Waals surface area contributed by atoms with Crippen molar-refractivity contribution in [1.82, 2.24) is 24.4 Å². The molecule has 0 bridgehead atoms. The highest BCUT2D eigenvalue weighted by molar-refractivity contribution is 7.89. The average molecular weight is 428 g/mol. The molecule has 0 saturated heterocycles. The van der Waals surface area contributed by atoms with Crippen LogP contribution in [0.1, 0.15) is 37.0 Å². The summed E-state index contributed by atoms with van der Waals surface area (Å²) in [6.07, 6.45) is 0. The molecule has 0 fully saturated rings. The molecule has 9 nitrogen and oxygen atoms in total. The molecule has 1 amide bonds. The van der Waals surface area contributed by atoms with E-state index in [1.54, 1.807) is 18.4 Å². The van der Waals surface area contributed by atoms with Gasteiger partial charge in [0.2, 0.25) is 10.0 Å². The molecule has 0 spiro atoms. The van der Waals surface area contributed by atoms with Crippen LogP contribution in [0.5, 0.6) is 5.75 Å². The first-order valence-corrected chi connectivity index (χ1v) is 10.7. The summed E-state index contributed by atoms with van der Waals surface area (Å²) in [5.41, 5.74) is 0.132. The van der Waals surface area contributed by atoms with Crippen molar-refractivity contribution in [2.45, 2.75) is 38.8 Å². The molecule has 0 radical (unpaired) electrons. The first-order chi connectivity index (χ1) is 13.3. The topological polar surface area (TPSA) is 109 Å². The summed E-state index contributed by atoms with van der Waals surface area (Å²) in [5.74, 6) is 0.391. The number of aromatic amines is 1. The zero-order chi connectivity index (χ0) is 20.9. The Labute approximate surface area is 169 Å². The standard InChI is InChI=1S/C17H25N5O4S2/c1-5-21(6-2)28(24,25)12-8-9-14(26-4)13(10-12)16(23)18-11-15-19-20-17(27)22(15)7-3/h8-10H,5-7,11H2,1-4H3,(H,18,23)(H,20,27). The zero-order valence-corrected chi connectivity index (χ0v) is 18.0. The van der Waals surface area contributed by atoms with Gasteiger partial charge in [0.15, 0.2) is 10.6 Å². The third-order valence-corrected chi connectivity index (χ3v) is 6.68. The number of H-pyrrole nitrogens is 1. The molecule has 2 rings (SSSR count). The summed E-state index contributed by atoms with van der Waals surface area (Å²) in [6, 6.07) is 4.25. The minimum Gasteiger partial charge on any atom is -0.496 e. The Balaban J connectivity index is 2.33. The van der Waals surface area contributed by atoms with Gasteiger partial charge in [-0.25, -0.2) is 8.42 Å². The quantitative estimate of drug-likeness (QED) is 0.592. The van der Waals surface area contributed by atoms with Crippen LogP contribution in [0.4, 0.5) is 0 Å². The second kappa shape index (κ2) is 9.30. The molecule has 28 heavy (non-hydrogen) atoms. The van der Waals surface area contributed by atoms with Crippen LogP contribution in [0, 0.1) is 4.77 Å². The molecule has 1 aromatic carbocycles. The third kappa shape index (κ3) is 4.42. The highest BCUT2D eigenvalue weighted by Crippen LogP contribution is 2.24. The van der Waals surface area contributed by atoms with Crippen molar-refractivity contribution < 1.29 is 17.9 Å². The van der Waals surface area contributed by atoms with Gasteiger partial charge in [0, 0.05) is 19.6 Å².